The van der Waals surface area contributed by atoms with E-state index >= 15 is 0 Å². The number of thioether (sulfide) groups is 1. The van der Waals surface area contributed by atoms with Gasteiger partial charge in [-0.25, -0.2) is 0 Å². The van der Waals surface area contributed by atoms with Crippen LogP contribution in [0.1, 0.15) is 23.9 Å². The van der Waals surface area contributed by atoms with Gasteiger partial charge in [0.2, 0.25) is 0 Å². The van der Waals surface area contributed by atoms with Gasteiger partial charge >= 0.3 is 5.97 Å². The lowest BCUT2D eigenvalue weighted by molar-refractivity contribution is -0.136. The van der Waals surface area contributed by atoms with Gasteiger partial charge in [0, 0.05) is 26.1 Å². The molecule has 0 aliphatic heterocycles. The van der Waals surface area contributed by atoms with E-state index in [1.807, 2.05) is 35.9 Å². The van der Waals surface area contributed by atoms with E-state index in [2.05, 4.69) is 10.2 Å². The van der Waals surface area contributed by atoms with Gasteiger partial charge in [0.15, 0.2) is 5.16 Å². The first-order valence-electron chi connectivity index (χ1n) is 7.53. The van der Waals surface area contributed by atoms with E-state index in [1.54, 1.807) is 11.8 Å². The Labute approximate surface area is 150 Å². The Hall–Kier alpha value is -2.39. The van der Waals surface area contributed by atoms with Gasteiger partial charge in [0.05, 0.1) is 6.42 Å². The van der Waals surface area contributed by atoms with Crippen molar-refractivity contribution in [2.45, 2.75) is 30.7 Å². The normalized spacial score (nSPS) is 10.0. The standard InChI is InChI=1S/C14H18N4O2S.C2H4O2/c1-18-12(6-7-15)16-17-14(18)21-9-11-4-2-10(3-5-11)8-13(19)20;1-2(3)4/h2-5H,6-9,15H2,1H3,(H,19,20);1H3,(H,3,4). The summed E-state index contributed by atoms with van der Waals surface area (Å²) in [6.07, 6.45) is 0.771. The second-order valence-corrected chi connectivity index (χ2v) is 6.13. The van der Waals surface area contributed by atoms with Gasteiger partial charge in [-0.3, -0.25) is 9.59 Å². The molecule has 2 rings (SSSR count). The smallest absolute Gasteiger partial charge is 0.307 e. The maximum Gasteiger partial charge on any atom is 0.307 e. The summed E-state index contributed by atoms with van der Waals surface area (Å²) in [7, 11) is 1.93. The molecule has 0 saturated heterocycles. The molecule has 25 heavy (non-hydrogen) atoms. The maximum absolute atomic E-state index is 10.6. The van der Waals surface area contributed by atoms with E-state index < -0.39 is 11.9 Å². The zero-order valence-corrected chi connectivity index (χ0v) is 15.0. The zero-order chi connectivity index (χ0) is 18.8. The van der Waals surface area contributed by atoms with Gasteiger partial charge in [-0.1, -0.05) is 36.0 Å². The van der Waals surface area contributed by atoms with Crippen molar-refractivity contribution in [1.29, 1.82) is 0 Å². The van der Waals surface area contributed by atoms with Crippen LogP contribution in [-0.4, -0.2) is 43.5 Å². The van der Waals surface area contributed by atoms with Crippen molar-refractivity contribution in [2.75, 3.05) is 6.54 Å². The van der Waals surface area contributed by atoms with Gasteiger partial charge in [-0.2, -0.15) is 0 Å². The van der Waals surface area contributed by atoms with E-state index in [9.17, 15) is 4.79 Å². The number of carboxylic acids is 2. The molecule has 0 spiro atoms. The molecule has 1 heterocycles. The van der Waals surface area contributed by atoms with Crippen molar-refractivity contribution in [1.82, 2.24) is 14.8 Å². The Bertz CT molecular complexity index is 697. The molecular formula is C16H22N4O4S. The van der Waals surface area contributed by atoms with Crippen LogP contribution in [0, 0.1) is 0 Å². The molecule has 0 saturated carbocycles. The number of nitrogens with two attached hydrogens (primary N) is 1. The molecule has 0 aliphatic rings. The number of aliphatic carboxylic acids is 2. The Morgan fingerprint density at radius 3 is 2.24 bits per heavy atom. The molecule has 4 N–H and O–H groups in total. The van der Waals surface area contributed by atoms with Crippen molar-refractivity contribution >= 4 is 23.7 Å². The van der Waals surface area contributed by atoms with Crippen LogP contribution in [0.15, 0.2) is 29.4 Å². The lowest BCUT2D eigenvalue weighted by Gasteiger charge is -2.04. The molecular weight excluding hydrogens is 344 g/mol. The van der Waals surface area contributed by atoms with Gasteiger partial charge < -0.3 is 20.5 Å². The molecule has 9 heteroatoms. The lowest BCUT2D eigenvalue weighted by Crippen LogP contribution is -2.08. The van der Waals surface area contributed by atoms with E-state index in [-0.39, 0.29) is 6.42 Å². The predicted molar refractivity (Wildman–Crippen MR) is 94.4 cm³/mol. The van der Waals surface area contributed by atoms with E-state index in [0.717, 1.165) is 34.8 Å². The van der Waals surface area contributed by atoms with Crippen LogP contribution >= 0.6 is 11.8 Å². The zero-order valence-electron chi connectivity index (χ0n) is 14.2. The quantitative estimate of drug-likeness (QED) is 0.625. The summed E-state index contributed by atoms with van der Waals surface area (Å²) in [5, 5.41) is 25.3. The Balaban J connectivity index is 0.000000705. The molecule has 2 aromatic rings. The fourth-order valence-electron chi connectivity index (χ4n) is 1.89. The van der Waals surface area contributed by atoms with Gasteiger partial charge in [0.25, 0.3) is 5.97 Å². The Morgan fingerprint density at radius 1 is 1.16 bits per heavy atom. The summed E-state index contributed by atoms with van der Waals surface area (Å²) < 4.78 is 1.95. The van der Waals surface area contributed by atoms with Gasteiger partial charge in [-0.05, 0) is 17.7 Å². The number of aromatic nitrogens is 3. The van der Waals surface area contributed by atoms with Crippen LogP contribution in [0.5, 0.6) is 0 Å². The summed E-state index contributed by atoms with van der Waals surface area (Å²) in [4.78, 5) is 19.6. The molecule has 0 fully saturated rings. The van der Waals surface area contributed by atoms with Gasteiger partial charge in [0.1, 0.15) is 5.82 Å². The highest BCUT2D eigenvalue weighted by atomic mass is 32.2. The Morgan fingerprint density at radius 2 is 1.72 bits per heavy atom. The molecule has 0 radical (unpaired) electrons. The molecule has 136 valence electrons. The number of nitrogens with zero attached hydrogens (tertiary/aromatic N) is 3. The molecule has 1 aromatic carbocycles. The first kappa shape index (κ1) is 20.7. The summed E-state index contributed by atoms with van der Waals surface area (Å²) >= 11 is 1.60. The number of hydrogen-bond acceptors (Lipinski definition) is 6. The van der Waals surface area contributed by atoms with Crippen LogP contribution in [0.2, 0.25) is 0 Å². The predicted octanol–water partition coefficient (Wildman–Crippen LogP) is 1.33. The molecule has 8 nitrogen and oxygen atoms in total. The van der Waals surface area contributed by atoms with Crippen molar-refractivity contribution in [3.05, 3.63) is 41.2 Å². The third kappa shape index (κ3) is 7.81. The largest absolute Gasteiger partial charge is 0.481 e. The molecule has 1 aromatic heterocycles. The summed E-state index contributed by atoms with van der Waals surface area (Å²) in [6.45, 7) is 1.64. The van der Waals surface area contributed by atoms with E-state index in [1.165, 1.54) is 0 Å². The summed E-state index contributed by atoms with van der Waals surface area (Å²) in [5.74, 6) is 0.00235. The van der Waals surface area contributed by atoms with Crippen LogP contribution in [0.25, 0.3) is 0 Å². The maximum atomic E-state index is 10.6. The minimum Gasteiger partial charge on any atom is -0.481 e. The number of carboxylic acid groups (broad SMARTS) is 2. The molecule has 0 unspecified atom stereocenters. The molecule has 0 atom stereocenters. The van der Waals surface area contributed by atoms with Crippen molar-refractivity contribution in [2.24, 2.45) is 12.8 Å². The lowest BCUT2D eigenvalue weighted by atomic mass is 10.1. The van der Waals surface area contributed by atoms with Crippen LogP contribution in [-0.2, 0) is 35.2 Å². The molecule has 0 aliphatic carbocycles. The SMILES string of the molecule is CC(=O)O.Cn1c(CCN)nnc1SCc1ccc(CC(=O)O)cc1. The average Bonchev–Trinajstić information content (AvgIpc) is 2.87. The minimum absolute atomic E-state index is 0.0547. The highest BCUT2D eigenvalue weighted by Crippen LogP contribution is 2.21. The van der Waals surface area contributed by atoms with Crippen molar-refractivity contribution in [3.8, 4) is 0 Å². The monoisotopic (exact) mass is 366 g/mol. The van der Waals surface area contributed by atoms with Crippen molar-refractivity contribution < 1.29 is 19.8 Å². The fraction of sp³-hybridized carbons (Fsp3) is 0.375. The van der Waals surface area contributed by atoms with E-state index in [4.69, 9.17) is 20.7 Å². The van der Waals surface area contributed by atoms with E-state index in [0.29, 0.717) is 13.0 Å². The topological polar surface area (TPSA) is 131 Å². The highest BCUT2D eigenvalue weighted by Gasteiger charge is 2.08. The van der Waals surface area contributed by atoms with Gasteiger partial charge in [-0.15, -0.1) is 10.2 Å². The fourth-order valence-corrected chi connectivity index (χ4v) is 2.78. The molecule has 0 bridgehead atoms. The number of hydrogen-bond donors (Lipinski definition) is 3. The number of benzene rings is 1. The van der Waals surface area contributed by atoms with Crippen LogP contribution in [0.4, 0.5) is 0 Å². The molecule has 0 amide bonds. The number of carbonyl (C=O) groups is 2. The first-order chi connectivity index (χ1) is 11.8. The second-order valence-electron chi connectivity index (χ2n) is 5.19. The third-order valence-electron chi connectivity index (χ3n) is 3.04. The third-order valence-corrected chi connectivity index (χ3v) is 4.13. The van der Waals surface area contributed by atoms with Crippen LogP contribution < -0.4 is 5.73 Å². The Kier molecular flexibility index (Phi) is 8.65. The number of rotatable bonds is 7. The average molecular weight is 366 g/mol. The second kappa shape index (κ2) is 10.5. The summed E-state index contributed by atoms with van der Waals surface area (Å²) in [6, 6.07) is 7.59. The van der Waals surface area contributed by atoms with Crippen molar-refractivity contribution in [3.63, 3.8) is 0 Å². The first-order valence-corrected chi connectivity index (χ1v) is 8.52. The minimum atomic E-state index is -0.833. The highest BCUT2D eigenvalue weighted by molar-refractivity contribution is 7.98. The summed E-state index contributed by atoms with van der Waals surface area (Å²) in [5.41, 5.74) is 7.45. The van der Waals surface area contributed by atoms with Crippen LogP contribution in [0.3, 0.4) is 0 Å².